The van der Waals surface area contributed by atoms with Gasteiger partial charge in [-0.15, -0.1) is 0 Å². The first-order valence-corrected chi connectivity index (χ1v) is 9.86. The first kappa shape index (κ1) is 21.5. The molecule has 0 spiro atoms. The summed E-state index contributed by atoms with van der Waals surface area (Å²) in [7, 11) is 0. The summed E-state index contributed by atoms with van der Waals surface area (Å²) in [5, 5.41) is 28.7. The summed E-state index contributed by atoms with van der Waals surface area (Å²) in [4.78, 5) is 32.7. The number of nitrogen functional groups attached to an aromatic ring is 1. The lowest BCUT2D eigenvalue weighted by Gasteiger charge is -2.13. The van der Waals surface area contributed by atoms with Crippen molar-refractivity contribution in [1.29, 1.82) is 0 Å². The molecule has 2 atom stereocenters. The van der Waals surface area contributed by atoms with E-state index in [1.54, 1.807) is 6.33 Å². The van der Waals surface area contributed by atoms with Crippen LogP contribution in [0.5, 0.6) is 0 Å². The Morgan fingerprint density at radius 2 is 1.87 bits per heavy atom. The zero-order valence-corrected chi connectivity index (χ0v) is 16.4. The lowest BCUT2D eigenvalue weighted by Crippen LogP contribution is -2.10. The van der Waals surface area contributed by atoms with Gasteiger partial charge in [-0.25, -0.2) is 4.98 Å². The normalized spacial score (nSPS) is 20.0. The molecule has 162 valence electrons. The first-order chi connectivity index (χ1) is 14.4. The number of hydrogen-bond donors (Lipinski definition) is 5. The van der Waals surface area contributed by atoms with Crippen molar-refractivity contribution in [3.63, 3.8) is 0 Å². The molecular formula is C19H26N6O5. The van der Waals surface area contributed by atoms with E-state index >= 15 is 0 Å². The standard InChI is InChI=1S/C14H18N6O.C5H8O4/c15-14-18-12(17-9-2-3-9)11-13(19-14)20(7-16-11)10-4-1-8(5-10)6-21;6-4(7)2-1-3-5(8)9/h1,4,7-10,21H,2-3,5-6H2,(H3,15,17,18,19);1-3H2,(H,6,7)(H,8,9)/t8-,10+;/m1./s1. The van der Waals surface area contributed by atoms with E-state index in [2.05, 4.69) is 26.3 Å². The fourth-order valence-electron chi connectivity index (χ4n) is 3.18. The van der Waals surface area contributed by atoms with Gasteiger partial charge < -0.3 is 30.9 Å². The van der Waals surface area contributed by atoms with E-state index in [4.69, 9.17) is 15.9 Å². The van der Waals surface area contributed by atoms with Crippen LogP contribution in [-0.2, 0) is 9.59 Å². The minimum atomic E-state index is -0.948. The van der Waals surface area contributed by atoms with E-state index < -0.39 is 11.9 Å². The van der Waals surface area contributed by atoms with Crippen LogP contribution in [-0.4, -0.2) is 59.4 Å². The van der Waals surface area contributed by atoms with Crippen molar-refractivity contribution < 1.29 is 24.9 Å². The Morgan fingerprint density at radius 3 is 2.43 bits per heavy atom. The average Bonchev–Trinajstić information content (AvgIpc) is 3.20. The predicted octanol–water partition coefficient (Wildman–Crippen LogP) is 1.42. The second kappa shape index (κ2) is 9.53. The molecule has 0 bridgehead atoms. The number of aliphatic hydroxyl groups is 1. The number of fused-ring (bicyclic) bond motifs is 1. The molecule has 0 aromatic carbocycles. The maximum atomic E-state index is 9.79. The number of aromatic nitrogens is 4. The van der Waals surface area contributed by atoms with Gasteiger partial charge in [0.15, 0.2) is 17.0 Å². The molecule has 0 aliphatic heterocycles. The fraction of sp³-hybridized carbons (Fsp3) is 0.526. The Labute approximate surface area is 172 Å². The highest BCUT2D eigenvalue weighted by Crippen LogP contribution is 2.32. The number of hydrogen-bond acceptors (Lipinski definition) is 8. The van der Waals surface area contributed by atoms with Gasteiger partial charge in [-0.2, -0.15) is 9.97 Å². The average molecular weight is 418 g/mol. The fourth-order valence-corrected chi connectivity index (χ4v) is 3.18. The molecule has 2 aromatic heterocycles. The molecule has 1 fully saturated rings. The summed E-state index contributed by atoms with van der Waals surface area (Å²) in [6.07, 6.45) is 9.19. The number of imidazole rings is 1. The highest BCUT2D eigenvalue weighted by molar-refractivity contribution is 5.84. The Hall–Kier alpha value is -3.21. The maximum Gasteiger partial charge on any atom is 0.303 e. The third-order valence-electron chi connectivity index (χ3n) is 4.88. The number of aliphatic hydroxyl groups excluding tert-OH is 1. The van der Waals surface area contributed by atoms with Gasteiger partial charge in [-0.3, -0.25) is 9.59 Å². The Kier molecular flexibility index (Phi) is 6.83. The molecule has 2 aromatic rings. The molecular weight excluding hydrogens is 392 g/mol. The number of nitrogens with two attached hydrogens (primary N) is 1. The summed E-state index contributed by atoms with van der Waals surface area (Å²) in [5.41, 5.74) is 7.35. The zero-order chi connectivity index (χ0) is 21.7. The van der Waals surface area contributed by atoms with Crippen molar-refractivity contribution in [3.05, 3.63) is 18.5 Å². The molecule has 2 aliphatic rings. The summed E-state index contributed by atoms with van der Waals surface area (Å²) in [6, 6.07) is 0.646. The van der Waals surface area contributed by atoms with E-state index in [1.165, 1.54) is 0 Å². The van der Waals surface area contributed by atoms with Crippen LogP contribution in [0.25, 0.3) is 11.2 Å². The third kappa shape index (κ3) is 5.66. The van der Waals surface area contributed by atoms with Crippen LogP contribution in [0.1, 0.15) is 44.6 Å². The highest BCUT2D eigenvalue weighted by Gasteiger charge is 2.26. The Balaban J connectivity index is 0.000000244. The molecule has 4 rings (SSSR count). The number of carboxylic acids is 2. The topological polar surface area (TPSA) is 176 Å². The monoisotopic (exact) mass is 418 g/mol. The number of nitrogens with zero attached hydrogens (tertiary/aromatic N) is 4. The lowest BCUT2D eigenvalue weighted by molar-refractivity contribution is -0.138. The minimum Gasteiger partial charge on any atom is -0.481 e. The molecule has 1 saturated carbocycles. The Bertz CT molecular complexity index is 925. The van der Waals surface area contributed by atoms with Crippen molar-refractivity contribution in [2.75, 3.05) is 17.7 Å². The van der Waals surface area contributed by atoms with E-state index in [0.717, 1.165) is 36.2 Å². The molecule has 6 N–H and O–H groups in total. The number of nitrogens with one attached hydrogen (secondary N) is 1. The van der Waals surface area contributed by atoms with Crippen LogP contribution in [0.4, 0.5) is 11.8 Å². The molecule has 11 nitrogen and oxygen atoms in total. The van der Waals surface area contributed by atoms with Crippen LogP contribution in [0.3, 0.4) is 0 Å². The Morgan fingerprint density at radius 1 is 1.17 bits per heavy atom. The number of carbonyl (C=O) groups is 2. The zero-order valence-electron chi connectivity index (χ0n) is 16.4. The summed E-state index contributed by atoms with van der Waals surface area (Å²) in [6.45, 7) is 0.172. The lowest BCUT2D eigenvalue weighted by atomic mass is 10.1. The van der Waals surface area contributed by atoms with Gasteiger partial charge in [0.05, 0.1) is 12.4 Å². The van der Waals surface area contributed by atoms with E-state index in [1.807, 2.05) is 10.6 Å². The number of carboxylic acid groups (broad SMARTS) is 2. The van der Waals surface area contributed by atoms with E-state index in [0.29, 0.717) is 6.04 Å². The quantitative estimate of drug-likeness (QED) is 0.394. The van der Waals surface area contributed by atoms with Gasteiger partial charge in [-0.1, -0.05) is 12.2 Å². The largest absolute Gasteiger partial charge is 0.481 e. The van der Waals surface area contributed by atoms with Gasteiger partial charge in [0.25, 0.3) is 0 Å². The van der Waals surface area contributed by atoms with Crippen LogP contribution in [0.2, 0.25) is 0 Å². The van der Waals surface area contributed by atoms with Crippen LogP contribution >= 0.6 is 0 Å². The van der Waals surface area contributed by atoms with Crippen molar-refractivity contribution in [2.24, 2.45) is 5.92 Å². The predicted molar refractivity (Wildman–Crippen MR) is 109 cm³/mol. The molecule has 11 heteroatoms. The summed E-state index contributed by atoms with van der Waals surface area (Å²) < 4.78 is 2.01. The van der Waals surface area contributed by atoms with Gasteiger partial charge in [0.2, 0.25) is 5.95 Å². The summed E-state index contributed by atoms with van der Waals surface area (Å²) in [5.74, 6) is -0.712. The SMILES string of the molecule is Nc1nc(NC2CC2)c2ncn([C@H]3C=C[C@@H](CO)C3)c2n1.O=C(O)CCCC(=O)O. The number of allylic oxidation sites excluding steroid dienone is 1. The second-order valence-electron chi connectivity index (χ2n) is 7.44. The molecule has 0 radical (unpaired) electrons. The maximum absolute atomic E-state index is 9.79. The van der Waals surface area contributed by atoms with Crippen LogP contribution < -0.4 is 11.1 Å². The van der Waals surface area contributed by atoms with Crippen LogP contribution in [0.15, 0.2) is 18.5 Å². The first-order valence-electron chi connectivity index (χ1n) is 9.86. The minimum absolute atomic E-state index is 0.0632. The van der Waals surface area contributed by atoms with Gasteiger partial charge in [0, 0.05) is 31.4 Å². The smallest absolute Gasteiger partial charge is 0.303 e. The van der Waals surface area contributed by atoms with Crippen LogP contribution in [0, 0.1) is 5.92 Å². The van der Waals surface area contributed by atoms with Crippen molar-refractivity contribution in [2.45, 2.75) is 50.6 Å². The van der Waals surface area contributed by atoms with E-state index in [9.17, 15) is 14.7 Å². The van der Waals surface area contributed by atoms with Gasteiger partial charge >= 0.3 is 11.9 Å². The summed E-state index contributed by atoms with van der Waals surface area (Å²) >= 11 is 0. The molecule has 0 saturated heterocycles. The van der Waals surface area contributed by atoms with E-state index in [-0.39, 0.29) is 43.8 Å². The molecule has 2 heterocycles. The van der Waals surface area contributed by atoms with Gasteiger partial charge in [-0.05, 0) is 25.7 Å². The second-order valence-corrected chi connectivity index (χ2v) is 7.44. The van der Waals surface area contributed by atoms with Crippen molar-refractivity contribution >= 4 is 34.9 Å². The molecule has 30 heavy (non-hydrogen) atoms. The number of aliphatic carboxylic acids is 2. The van der Waals surface area contributed by atoms with Gasteiger partial charge in [0.1, 0.15) is 0 Å². The number of rotatable bonds is 8. The molecule has 2 aliphatic carbocycles. The molecule has 0 amide bonds. The molecule has 0 unspecified atom stereocenters. The van der Waals surface area contributed by atoms with Crippen molar-refractivity contribution in [3.8, 4) is 0 Å². The van der Waals surface area contributed by atoms with Crippen molar-refractivity contribution in [1.82, 2.24) is 19.5 Å². The third-order valence-corrected chi connectivity index (χ3v) is 4.88. The highest BCUT2D eigenvalue weighted by atomic mass is 16.4. The number of anilines is 2.